The summed E-state index contributed by atoms with van der Waals surface area (Å²) in [7, 11) is 0. The lowest BCUT2D eigenvalue weighted by Crippen LogP contribution is -2.03. The summed E-state index contributed by atoms with van der Waals surface area (Å²) < 4.78 is 13.1. The van der Waals surface area contributed by atoms with Gasteiger partial charge in [-0.2, -0.15) is 0 Å². The van der Waals surface area contributed by atoms with E-state index in [4.69, 9.17) is 11.5 Å². The van der Waals surface area contributed by atoms with Crippen LogP contribution >= 0.6 is 0 Å². The number of nitrogens with one attached hydrogen (secondary N) is 1. The molecule has 0 atom stereocenters. The van der Waals surface area contributed by atoms with Crippen molar-refractivity contribution in [1.29, 1.82) is 0 Å². The Morgan fingerprint density at radius 3 is 2.86 bits per heavy atom. The van der Waals surface area contributed by atoms with Crippen molar-refractivity contribution in [2.45, 2.75) is 0 Å². The molecule has 1 aromatic carbocycles. The molecule has 0 aliphatic heterocycles. The summed E-state index contributed by atoms with van der Waals surface area (Å²) in [6, 6.07) is 3.60. The average molecular weight is 193 g/mol. The fourth-order valence-corrected chi connectivity index (χ4v) is 0.938. The molecule has 0 amide bonds. The van der Waals surface area contributed by atoms with Gasteiger partial charge in [0.25, 0.3) is 0 Å². The van der Waals surface area contributed by atoms with Crippen LogP contribution in [0.1, 0.15) is 10.4 Å². The highest BCUT2D eigenvalue weighted by molar-refractivity contribution is 5.88. The summed E-state index contributed by atoms with van der Waals surface area (Å²) in [4.78, 5) is 10.5. The number of rotatable bonds is 3. The lowest BCUT2D eigenvalue weighted by atomic mass is 10.2. The zero-order valence-electron chi connectivity index (χ0n) is 7.25. The summed E-state index contributed by atoms with van der Waals surface area (Å²) in [6.07, 6.45) is 4.98. The Morgan fingerprint density at radius 2 is 2.36 bits per heavy atom. The number of aromatic carboxylic acids is 1. The number of hydrogen-bond acceptors (Lipinski definition) is 2. The first-order valence-electron chi connectivity index (χ1n) is 3.85. The third kappa shape index (κ3) is 2.23. The molecule has 0 radical (unpaired) electrons. The molecule has 1 rings (SSSR count). The molecule has 0 aliphatic carbocycles. The molecule has 0 heterocycles. The zero-order valence-corrected chi connectivity index (χ0v) is 7.25. The monoisotopic (exact) mass is 193 g/mol. The Balaban J connectivity index is 2.91. The van der Waals surface area contributed by atoms with Crippen LogP contribution in [0.4, 0.5) is 10.1 Å². The molecule has 3 nitrogen and oxygen atoms in total. The molecule has 0 aliphatic rings. The minimum absolute atomic E-state index is 0.0891. The van der Waals surface area contributed by atoms with Crippen LogP contribution in [0.15, 0.2) is 18.2 Å². The van der Waals surface area contributed by atoms with Crippen molar-refractivity contribution in [3.05, 3.63) is 29.6 Å². The number of carboxylic acid groups (broad SMARTS) is 1. The first-order valence-corrected chi connectivity index (χ1v) is 3.85. The number of carbonyl (C=O) groups is 1. The van der Waals surface area contributed by atoms with Gasteiger partial charge >= 0.3 is 5.97 Å². The molecule has 2 N–H and O–H groups in total. The molecule has 72 valence electrons. The van der Waals surface area contributed by atoms with Gasteiger partial charge in [-0.3, -0.25) is 0 Å². The van der Waals surface area contributed by atoms with Gasteiger partial charge in [0.15, 0.2) is 0 Å². The minimum Gasteiger partial charge on any atom is -0.478 e. The van der Waals surface area contributed by atoms with E-state index in [1.165, 1.54) is 12.1 Å². The first-order chi connectivity index (χ1) is 6.65. The third-order valence-corrected chi connectivity index (χ3v) is 1.60. The molecule has 0 bridgehead atoms. The summed E-state index contributed by atoms with van der Waals surface area (Å²) in [5.41, 5.74) is 0.113. The van der Waals surface area contributed by atoms with Crippen LogP contribution < -0.4 is 5.32 Å². The van der Waals surface area contributed by atoms with Gasteiger partial charge in [0.05, 0.1) is 17.8 Å². The highest BCUT2D eigenvalue weighted by Gasteiger charge is 2.07. The van der Waals surface area contributed by atoms with Gasteiger partial charge in [-0.05, 0) is 18.2 Å². The van der Waals surface area contributed by atoms with Gasteiger partial charge in [-0.25, -0.2) is 9.18 Å². The van der Waals surface area contributed by atoms with E-state index < -0.39 is 11.8 Å². The second-order valence-electron chi connectivity index (χ2n) is 2.56. The van der Waals surface area contributed by atoms with Gasteiger partial charge in [-0.1, -0.05) is 5.92 Å². The maximum Gasteiger partial charge on any atom is 0.335 e. The minimum atomic E-state index is -1.16. The van der Waals surface area contributed by atoms with Crippen molar-refractivity contribution in [2.24, 2.45) is 0 Å². The van der Waals surface area contributed by atoms with E-state index in [-0.39, 0.29) is 17.8 Å². The second kappa shape index (κ2) is 4.28. The van der Waals surface area contributed by atoms with Crippen LogP contribution in [0.5, 0.6) is 0 Å². The number of benzene rings is 1. The smallest absolute Gasteiger partial charge is 0.335 e. The fourth-order valence-electron chi connectivity index (χ4n) is 0.938. The molecule has 0 aromatic heterocycles. The average Bonchev–Trinajstić information content (AvgIpc) is 2.15. The van der Waals surface area contributed by atoms with E-state index in [1.807, 2.05) is 0 Å². The van der Waals surface area contributed by atoms with Crippen LogP contribution in [-0.2, 0) is 0 Å². The Bertz CT molecular complexity index is 396. The fraction of sp³-hybridized carbons (Fsp3) is 0.100. The van der Waals surface area contributed by atoms with E-state index >= 15 is 0 Å². The van der Waals surface area contributed by atoms with E-state index in [1.54, 1.807) is 0 Å². The molecule has 0 spiro atoms. The first kappa shape index (κ1) is 10.1. The van der Waals surface area contributed by atoms with Gasteiger partial charge in [0, 0.05) is 0 Å². The van der Waals surface area contributed by atoms with Crippen LogP contribution in [0, 0.1) is 18.2 Å². The maximum atomic E-state index is 13.1. The highest BCUT2D eigenvalue weighted by Crippen LogP contribution is 2.15. The lowest BCUT2D eigenvalue weighted by molar-refractivity contribution is 0.0696. The molecule has 0 saturated carbocycles. The molecule has 14 heavy (non-hydrogen) atoms. The van der Waals surface area contributed by atoms with E-state index in [0.717, 1.165) is 6.07 Å². The van der Waals surface area contributed by atoms with Crippen molar-refractivity contribution in [1.82, 2.24) is 0 Å². The number of anilines is 1. The van der Waals surface area contributed by atoms with Crippen molar-refractivity contribution in [3.8, 4) is 12.3 Å². The van der Waals surface area contributed by atoms with Crippen molar-refractivity contribution in [3.63, 3.8) is 0 Å². The largest absolute Gasteiger partial charge is 0.478 e. The topological polar surface area (TPSA) is 49.3 Å². The molecular weight excluding hydrogens is 185 g/mol. The number of carboxylic acids is 1. The Kier molecular flexibility index (Phi) is 3.08. The Hall–Kier alpha value is -2.02. The molecular formula is C10H8FNO2. The van der Waals surface area contributed by atoms with Crippen molar-refractivity contribution < 1.29 is 14.3 Å². The molecule has 0 saturated heterocycles. The van der Waals surface area contributed by atoms with Gasteiger partial charge in [0.1, 0.15) is 5.82 Å². The van der Waals surface area contributed by atoms with Gasteiger partial charge in [0.2, 0.25) is 0 Å². The maximum absolute atomic E-state index is 13.1. The van der Waals surface area contributed by atoms with E-state index in [0.29, 0.717) is 0 Å². The Labute approximate surface area is 80.6 Å². The van der Waals surface area contributed by atoms with Crippen LogP contribution in [0.2, 0.25) is 0 Å². The predicted molar refractivity (Wildman–Crippen MR) is 50.7 cm³/mol. The highest BCUT2D eigenvalue weighted by atomic mass is 19.1. The van der Waals surface area contributed by atoms with Crippen LogP contribution in [-0.4, -0.2) is 17.6 Å². The van der Waals surface area contributed by atoms with Crippen LogP contribution in [0.3, 0.4) is 0 Å². The predicted octanol–water partition coefficient (Wildman–Crippen LogP) is 1.57. The molecule has 4 heteroatoms. The molecule has 0 unspecified atom stereocenters. The normalized spacial score (nSPS) is 9.14. The standard InChI is InChI=1S/C10H8FNO2/c1-2-5-12-9-4-3-7(10(13)14)6-8(9)11/h1,3-4,6,12H,5H2,(H,13,14). The molecule has 0 fully saturated rings. The van der Waals surface area contributed by atoms with Gasteiger partial charge < -0.3 is 10.4 Å². The quantitative estimate of drug-likeness (QED) is 0.716. The SMILES string of the molecule is C#CCNc1ccc(C(=O)O)cc1F. The van der Waals surface area contributed by atoms with E-state index in [2.05, 4.69) is 11.2 Å². The van der Waals surface area contributed by atoms with Crippen molar-refractivity contribution >= 4 is 11.7 Å². The summed E-state index contributed by atoms with van der Waals surface area (Å²) in [5.74, 6) is 0.502. The van der Waals surface area contributed by atoms with Crippen molar-refractivity contribution in [2.75, 3.05) is 11.9 Å². The second-order valence-corrected chi connectivity index (χ2v) is 2.56. The zero-order chi connectivity index (χ0) is 10.6. The van der Waals surface area contributed by atoms with E-state index in [9.17, 15) is 9.18 Å². The molecule has 1 aromatic rings. The number of hydrogen-bond donors (Lipinski definition) is 2. The summed E-state index contributed by atoms with van der Waals surface area (Å²) >= 11 is 0. The summed E-state index contributed by atoms with van der Waals surface area (Å²) in [5, 5.41) is 11.2. The third-order valence-electron chi connectivity index (χ3n) is 1.60. The Morgan fingerprint density at radius 1 is 1.64 bits per heavy atom. The summed E-state index contributed by atoms with van der Waals surface area (Å²) in [6.45, 7) is 0.198. The van der Waals surface area contributed by atoms with Crippen LogP contribution in [0.25, 0.3) is 0 Å². The number of halogens is 1. The lowest BCUT2D eigenvalue weighted by Gasteiger charge is -2.04. The number of terminal acetylenes is 1. The van der Waals surface area contributed by atoms with Gasteiger partial charge in [-0.15, -0.1) is 6.42 Å².